The number of fused-ring (bicyclic) bond motifs is 2. The van der Waals surface area contributed by atoms with Crippen LogP contribution in [0.4, 0.5) is 5.69 Å². The second-order valence-corrected chi connectivity index (χ2v) is 9.95. The lowest BCUT2D eigenvalue weighted by atomic mass is 9.58. The fourth-order valence-corrected chi connectivity index (χ4v) is 5.29. The summed E-state index contributed by atoms with van der Waals surface area (Å²) in [5.41, 5.74) is 3.12. The Balaban J connectivity index is 1.67. The molecular weight excluding hydrogens is 438 g/mol. The van der Waals surface area contributed by atoms with E-state index < -0.39 is 12.1 Å². The highest BCUT2D eigenvalue weighted by atomic mass is 35.5. The number of aliphatic hydroxyl groups is 1. The highest BCUT2D eigenvalue weighted by Gasteiger charge is 2.47. The van der Waals surface area contributed by atoms with Gasteiger partial charge < -0.3 is 19.8 Å². The topological polar surface area (TPSA) is 70.0 Å². The third-order valence-electron chi connectivity index (χ3n) is 7.53. The SMILES string of the molecule is C=C[C@@H](O)[C@@]1(C)CC[C@@H]1CN1CCCCc2cc(Cl)ccc2COc2ccc(C(=O)O)cc21. The summed E-state index contributed by atoms with van der Waals surface area (Å²) in [5.74, 6) is 0.00341. The van der Waals surface area contributed by atoms with Crippen LogP contribution in [-0.2, 0) is 13.0 Å². The third-order valence-corrected chi connectivity index (χ3v) is 7.76. The van der Waals surface area contributed by atoms with Gasteiger partial charge in [-0.05, 0) is 79.5 Å². The molecule has 1 saturated carbocycles. The van der Waals surface area contributed by atoms with Crippen molar-refractivity contribution in [1.29, 1.82) is 0 Å². The Bertz CT molecular complexity index is 1040. The Labute approximate surface area is 200 Å². The van der Waals surface area contributed by atoms with Crippen molar-refractivity contribution in [3.8, 4) is 5.75 Å². The maximum absolute atomic E-state index is 11.7. The number of carboxylic acids is 1. The van der Waals surface area contributed by atoms with E-state index >= 15 is 0 Å². The minimum absolute atomic E-state index is 0.216. The van der Waals surface area contributed by atoms with E-state index in [0.29, 0.717) is 12.4 Å². The molecule has 0 unspecified atom stereocenters. The van der Waals surface area contributed by atoms with Crippen molar-refractivity contribution in [2.45, 2.75) is 51.7 Å². The Morgan fingerprint density at radius 2 is 2.12 bits per heavy atom. The molecule has 6 heteroatoms. The van der Waals surface area contributed by atoms with Gasteiger partial charge in [-0.1, -0.05) is 30.7 Å². The van der Waals surface area contributed by atoms with E-state index in [2.05, 4.69) is 18.4 Å². The average molecular weight is 470 g/mol. The van der Waals surface area contributed by atoms with Crippen LogP contribution in [0.1, 0.15) is 54.1 Å². The molecule has 1 aliphatic heterocycles. The molecule has 1 fully saturated rings. The van der Waals surface area contributed by atoms with Gasteiger partial charge >= 0.3 is 5.97 Å². The van der Waals surface area contributed by atoms with Gasteiger partial charge in [0.05, 0.1) is 17.4 Å². The lowest BCUT2D eigenvalue weighted by Gasteiger charge is -2.51. The van der Waals surface area contributed by atoms with Crippen molar-refractivity contribution in [2.75, 3.05) is 18.0 Å². The molecular formula is C27H32ClNO4. The van der Waals surface area contributed by atoms with E-state index in [4.69, 9.17) is 16.3 Å². The van der Waals surface area contributed by atoms with Gasteiger partial charge in [-0.15, -0.1) is 6.58 Å². The maximum Gasteiger partial charge on any atom is 0.335 e. The fourth-order valence-electron chi connectivity index (χ4n) is 5.10. The van der Waals surface area contributed by atoms with Crippen LogP contribution in [0.3, 0.4) is 0 Å². The smallest absolute Gasteiger partial charge is 0.335 e. The van der Waals surface area contributed by atoms with Crippen LogP contribution in [0.25, 0.3) is 0 Å². The number of aryl methyl sites for hydroxylation is 1. The van der Waals surface area contributed by atoms with Gasteiger partial charge in [0.15, 0.2) is 0 Å². The molecule has 0 spiro atoms. The minimum atomic E-state index is -0.956. The average Bonchev–Trinajstić information content (AvgIpc) is 2.83. The van der Waals surface area contributed by atoms with Gasteiger partial charge in [0, 0.05) is 23.5 Å². The normalized spacial score (nSPS) is 23.7. The summed E-state index contributed by atoms with van der Waals surface area (Å²) in [6, 6.07) is 11.0. The number of nitrogens with zero attached hydrogens (tertiary/aromatic N) is 1. The molecule has 4 rings (SSSR count). The van der Waals surface area contributed by atoms with Crippen LogP contribution in [0, 0.1) is 11.3 Å². The first-order chi connectivity index (χ1) is 15.8. The molecule has 1 aliphatic carbocycles. The fraction of sp³-hybridized carbons (Fsp3) is 0.444. The number of aliphatic hydroxyl groups excluding tert-OH is 1. The number of hydrogen-bond acceptors (Lipinski definition) is 4. The van der Waals surface area contributed by atoms with Crippen LogP contribution < -0.4 is 9.64 Å². The van der Waals surface area contributed by atoms with Gasteiger partial charge in [0.1, 0.15) is 12.4 Å². The second-order valence-electron chi connectivity index (χ2n) is 9.51. The molecule has 0 aromatic heterocycles. The van der Waals surface area contributed by atoms with Crippen LogP contribution in [0.15, 0.2) is 49.1 Å². The predicted molar refractivity (Wildman–Crippen MR) is 131 cm³/mol. The summed E-state index contributed by atoms with van der Waals surface area (Å²) in [7, 11) is 0. The van der Waals surface area contributed by atoms with Gasteiger partial charge in [-0.25, -0.2) is 4.79 Å². The van der Waals surface area contributed by atoms with E-state index in [1.807, 2.05) is 18.2 Å². The minimum Gasteiger partial charge on any atom is -0.487 e. The number of carbonyl (C=O) groups is 1. The van der Waals surface area contributed by atoms with Crippen LogP contribution >= 0.6 is 11.6 Å². The number of halogens is 1. The Morgan fingerprint density at radius 1 is 1.30 bits per heavy atom. The first-order valence-electron chi connectivity index (χ1n) is 11.6. The van der Waals surface area contributed by atoms with Gasteiger partial charge in [-0.2, -0.15) is 0 Å². The van der Waals surface area contributed by atoms with Crippen LogP contribution in [0.5, 0.6) is 5.75 Å². The molecule has 2 aromatic rings. The van der Waals surface area contributed by atoms with E-state index in [9.17, 15) is 15.0 Å². The summed E-state index contributed by atoms with van der Waals surface area (Å²) in [4.78, 5) is 14.0. The zero-order valence-electron chi connectivity index (χ0n) is 19.1. The summed E-state index contributed by atoms with van der Waals surface area (Å²) in [5, 5.41) is 20.9. The van der Waals surface area contributed by atoms with Gasteiger partial charge in [0.2, 0.25) is 0 Å². The molecule has 0 bridgehead atoms. The van der Waals surface area contributed by atoms with Gasteiger partial charge in [-0.3, -0.25) is 0 Å². The monoisotopic (exact) mass is 469 g/mol. The molecule has 5 nitrogen and oxygen atoms in total. The molecule has 3 atom stereocenters. The number of rotatable bonds is 5. The zero-order valence-corrected chi connectivity index (χ0v) is 19.9. The van der Waals surface area contributed by atoms with E-state index in [0.717, 1.165) is 61.5 Å². The summed E-state index contributed by atoms with van der Waals surface area (Å²) >= 11 is 6.24. The summed E-state index contributed by atoms with van der Waals surface area (Å²) in [6.45, 7) is 7.82. The summed E-state index contributed by atoms with van der Waals surface area (Å²) in [6.07, 6.45) is 5.91. The molecule has 176 valence electrons. The Hall–Kier alpha value is -2.50. The van der Waals surface area contributed by atoms with E-state index in [-0.39, 0.29) is 16.9 Å². The number of benzene rings is 2. The van der Waals surface area contributed by atoms with Crippen LogP contribution in [0.2, 0.25) is 5.02 Å². The molecule has 33 heavy (non-hydrogen) atoms. The summed E-state index contributed by atoms with van der Waals surface area (Å²) < 4.78 is 6.26. The number of hydrogen-bond donors (Lipinski definition) is 2. The van der Waals surface area contributed by atoms with Crippen molar-refractivity contribution in [3.63, 3.8) is 0 Å². The van der Waals surface area contributed by atoms with Crippen molar-refractivity contribution in [1.82, 2.24) is 0 Å². The second kappa shape index (κ2) is 9.78. The first-order valence-corrected chi connectivity index (χ1v) is 12.0. The standard InChI is InChI=1S/C27H32ClNO4/c1-3-25(30)27(2)12-11-21(27)16-29-13-5-4-6-18-14-22(28)9-7-20(18)17-33-24-10-8-19(26(31)32)15-23(24)29/h3,7-10,14-15,21,25,30H,1,4-6,11-13,16-17H2,2H3,(H,31,32)/t21-,25-,27+/m1/s1. The quantitative estimate of drug-likeness (QED) is 0.548. The third kappa shape index (κ3) is 4.90. The number of ether oxygens (including phenoxy) is 1. The number of aromatic carboxylic acids is 1. The van der Waals surface area contributed by atoms with Crippen molar-refractivity contribution < 1.29 is 19.7 Å². The Kier molecular flexibility index (Phi) is 7.01. The molecule has 0 radical (unpaired) electrons. The lowest BCUT2D eigenvalue weighted by Crippen LogP contribution is -2.51. The molecule has 2 aromatic carbocycles. The molecule has 2 N–H and O–H groups in total. The largest absolute Gasteiger partial charge is 0.487 e. The Morgan fingerprint density at radius 3 is 2.82 bits per heavy atom. The molecule has 1 heterocycles. The number of carboxylic acid groups (broad SMARTS) is 1. The highest BCUT2D eigenvalue weighted by Crippen LogP contribution is 2.50. The maximum atomic E-state index is 11.7. The molecule has 2 aliphatic rings. The molecule has 0 amide bonds. The number of anilines is 1. The van der Waals surface area contributed by atoms with Crippen molar-refractivity contribution in [2.24, 2.45) is 11.3 Å². The van der Waals surface area contributed by atoms with Crippen LogP contribution in [-0.4, -0.2) is 35.4 Å². The predicted octanol–water partition coefficient (Wildman–Crippen LogP) is 5.72. The van der Waals surface area contributed by atoms with E-state index in [1.165, 1.54) is 5.56 Å². The van der Waals surface area contributed by atoms with E-state index in [1.54, 1.807) is 24.3 Å². The first kappa shape index (κ1) is 23.7. The highest BCUT2D eigenvalue weighted by molar-refractivity contribution is 6.30. The zero-order chi connectivity index (χ0) is 23.6. The van der Waals surface area contributed by atoms with Gasteiger partial charge in [0.25, 0.3) is 0 Å². The van der Waals surface area contributed by atoms with Crippen molar-refractivity contribution in [3.05, 3.63) is 70.8 Å². The van der Waals surface area contributed by atoms with Crippen molar-refractivity contribution >= 4 is 23.3 Å². The lowest BCUT2D eigenvalue weighted by molar-refractivity contribution is -0.0464. The molecule has 0 saturated heterocycles.